The molecule has 0 fully saturated rings. The van der Waals surface area contributed by atoms with Gasteiger partial charge in [-0.05, 0) is 31.5 Å². The Morgan fingerprint density at radius 2 is 2.00 bits per heavy atom. The number of aromatic amines is 2. The van der Waals surface area contributed by atoms with Crippen LogP contribution >= 0.6 is 0 Å². The third-order valence-electron chi connectivity index (χ3n) is 3.83. The number of nitrogens with one attached hydrogen (secondary N) is 2. The van der Waals surface area contributed by atoms with Crippen LogP contribution in [0.1, 0.15) is 35.6 Å². The number of carbonyl (C=O) groups excluding carboxylic acids is 1. The maximum absolute atomic E-state index is 12.7. The second kappa shape index (κ2) is 6.61. The minimum Gasteiger partial charge on any atom is -0.348 e. The summed E-state index contributed by atoms with van der Waals surface area (Å²) < 4.78 is 0. The summed E-state index contributed by atoms with van der Waals surface area (Å²) in [6.07, 6.45) is 1.54. The van der Waals surface area contributed by atoms with Crippen LogP contribution in [0.3, 0.4) is 0 Å². The fraction of sp³-hybridized carbons (Fsp3) is 0.312. The first-order chi connectivity index (χ1) is 11.6. The van der Waals surface area contributed by atoms with Gasteiger partial charge in [0.1, 0.15) is 5.69 Å². The molecule has 0 bridgehead atoms. The number of benzene rings is 1. The summed E-state index contributed by atoms with van der Waals surface area (Å²) in [5.74, 6) is 0.469. The van der Waals surface area contributed by atoms with E-state index >= 15 is 0 Å². The van der Waals surface area contributed by atoms with Gasteiger partial charge in [0.05, 0.1) is 6.33 Å². The van der Waals surface area contributed by atoms with Gasteiger partial charge in [0.15, 0.2) is 0 Å². The highest BCUT2D eigenvalue weighted by Crippen LogP contribution is 2.17. The number of rotatable bonds is 5. The summed E-state index contributed by atoms with van der Waals surface area (Å²) in [6.45, 7) is 6.34. The predicted octanol–water partition coefficient (Wildman–Crippen LogP) is 1.95. The van der Waals surface area contributed by atoms with E-state index in [-0.39, 0.29) is 11.9 Å². The lowest BCUT2D eigenvalue weighted by atomic mass is 10.1. The molecule has 0 aliphatic carbocycles. The van der Waals surface area contributed by atoms with E-state index < -0.39 is 0 Å². The molecule has 0 saturated carbocycles. The van der Waals surface area contributed by atoms with E-state index in [1.807, 2.05) is 45.0 Å². The molecule has 2 heterocycles. The van der Waals surface area contributed by atoms with E-state index in [2.05, 4.69) is 30.6 Å². The molecule has 2 aromatic heterocycles. The standard InChI is InChI=1S/C16H19N7O/c1-10(2)23(16(24)14-11(3)17-9-18-14)8-12-4-6-13(7-5-12)15-19-21-22-20-15/h4-7,9-10H,8H2,1-3H3,(H,17,18)(H,19,20,21,22). The Balaban J connectivity index is 1.79. The molecule has 0 radical (unpaired) electrons. The average molecular weight is 325 g/mol. The zero-order valence-electron chi connectivity index (χ0n) is 13.8. The van der Waals surface area contributed by atoms with E-state index in [9.17, 15) is 4.79 Å². The number of aryl methyl sites for hydroxylation is 1. The molecule has 124 valence electrons. The molecule has 3 aromatic rings. The van der Waals surface area contributed by atoms with Gasteiger partial charge in [-0.2, -0.15) is 5.21 Å². The fourth-order valence-corrected chi connectivity index (χ4v) is 2.44. The highest BCUT2D eigenvalue weighted by Gasteiger charge is 2.22. The van der Waals surface area contributed by atoms with E-state index in [0.29, 0.717) is 18.1 Å². The van der Waals surface area contributed by atoms with Crippen molar-refractivity contribution in [2.75, 3.05) is 0 Å². The summed E-state index contributed by atoms with van der Waals surface area (Å²) in [6, 6.07) is 7.83. The molecule has 0 spiro atoms. The second-order valence-electron chi connectivity index (χ2n) is 5.84. The summed E-state index contributed by atoms with van der Waals surface area (Å²) in [7, 11) is 0. The predicted molar refractivity (Wildman–Crippen MR) is 87.9 cm³/mol. The van der Waals surface area contributed by atoms with Gasteiger partial charge >= 0.3 is 0 Å². The van der Waals surface area contributed by atoms with Gasteiger partial charge in [-0.1, -0.05) is 24.3 Å². The Morgan fingerprint density at radius 3 is 2.54 bits per heavy atom. The normalized spacial score (nSPS) is 11.0. The minimum absolute atomic E-state index is 0.0606. The molecule has 1 aromatic carbocycles. The molecule has 24 heavy (non-hydrogen) atoms. The largest absolute Gasteiger partial charge is 0.348 e. The average Bonchev–Trinajstić information content (AvgIpc) is 3.24. The summed E-state index contributed by atoms with van der Waals surface area (Å²) in [5, 5.41) is 13.9. The molecule has 3 rings (SSSR count). The van der Waals surface area contributed by atoms with Crippen LogP contribution in [-0.2, 0) is 6.54 Å². The van der Waals surface area contributed by atoms with Crippen molar-refractivity contribution in [2.24, 2.45) is 0 Å². The summed E-state index contributed by atoms with van der Waals surface area (Å²) in [5.41, 5.74) is 3.14. The van der Waals surface area contributed by atoms with Crippen LogP contribution in [0.2, 0.25) is 0 Å². The van der Waals surface area contributed by atoms with Crippen LogP contribution in [0.4, 0.5) is 0 Å². The number of nitrogens with zero attached hydrogens (tertiary/aromatic N) is 5. The van der Waals surface area contributed by atoms with Crippen molar-refractivity contribution in [1.82, 2.24) is 35.5 Å². The highest BCUT2D eigenvalue weighted by atomic mass is 16.2. The van der Waals surface area contributed by atoms with Gasteiger partial charge in [-0.25, -0.2) is 4.98 Å². The minimum atomic E-state index is -0.0778. The summed E-state index contributed by atoms with van der Waals surface area (Å²) >= 11 is 0. The van der Waals surface area contributed by atoms with Crippen LogP contribution in [0.15, 0.2) is 30.6 Å². The Hall–Kier alpha value is -3.03. The van der Waals surface area contributed by atoms with Crippen LogP contribution in [0.25, 0.3) is 11.4 Å². The molecular weight excluding hydrogens is 306 g/mol. The molecule has 0 saturated heterocycles. The third-order valence-corrected chi connectivity index (χ3v) is 3.83. The number of hydrogen-bond acceptors (Lipinski definition) is 5. The lowest BCUT2D eigenvalue weighted by Gasteiger charge is -2.26. The molecule has 8 nitrogen and oxygen atoms in total. The Labute approximate surface area is 139 Å². The van der Waals surface area contributed by atoms with Crippen molar-refractivity contribution in [3.8, 4) is 11.4 Å². The van der Waals surface area contributed by atoms with Crippen molar-refractivity contribution in [3.05, 3.63) is 47.5 Å². The number of tetrazole rings is 1. The third kappa shape index (κ3) is 3.17. The summed E-state index contributed by atoms with van der Waals surface area (Å²) in [4.78, 5) is 21.6. The number of aromatic nitrogens is 6. The molecular formula is C16H19N7O. The molecule has 0 aliphatic heterocycles. The Bertz CT molecular complexity index is 805. The zero-order valence-corrected chi connectivity index (χ0v) is 13.8. The second-order valence-corrected chi connectivity index (χ2v) is 5.84. The van der Waals surface area contributed by atoms with Gasteiger partial charge in [0.25, 0.3) is 5.91 Å². The molecule has 0 atom stereocenters. The van der Waals surface area contributed by atoms with Gasteiger partial charge < -0.3 is 9.88 Å². The zero-order chi connectivity index (χ0) is 17.1. The first kappa shape index (κ1) is 15.9. The van der Waals surface area contributed by atoms with Gasteiger partial charge in [-0.3, -0.25) is 4.79 Å². The lowest BCUT2D eigenvalue weighted by Crippen LogP contribution is -2.37. The van der Waals surface area contributed by atoms with Crippen LogP contribution < -0.4 is 0 Å². The van der Waals surface area contributed by atoms with E-state index in [0.717, 1.165) is 16.8 Å². The first-order valence-corrected chi connectivity index (χ1v) is 7.70. The topological polar surface area (TPSA) is 103 Å². The molecule has 0 aliphatic rings. The number of amides is 1. The maximum Gasteiger partial charge on any atom is 0.274 e. The van der Waals surface area contributed by atoms with Crippen LogP contribution in [0, 0.1) is 6.92 Å². The fourth-order valence-electron chi connectivity index (χ4n) is 2.44. The SMILES string of the molecule is Cc1[nH]cnc1C(=O)N(Cc1ccc(-c2nn[nH]n2)cc1)C(C)C. The van der Waals surface area contributed by atoms with Crippen molar-refractivity contribution in [2.45, 2.75) is 33.4 Å². The van der Waals surface area contributed by atoms with E-state index in [1.54, 1.807) is 11.2 Å². The molecule has 0 unspecified atom stereocenters. The van der Waals surface area contributed by atoms with Gasteiger partial charge in [0.2, 0.25) is 5.82 Å². The number of H-pyrrole nitrogens is 2. The number of carbonyl (C=O) groups is 1. The van der Waals surface area contributed by atoms with E-state index in [1.165, 1.54) is 0 Å². The van der Waals surface area contributed by atoms with Crippen molar-refractivity contribution < 1.29 is 4.79 Å². The maximum atomic E-state index is 12.7. The highest BCUT2D eigenvalue weighted by molar-refractivity contribution is 5.93. The Kier molecular flexibility index (Phi) is 4.37. The molecule has 8 heteroatoms. The number of hydrogen-bond donors (Lipinski definition) is 2. The molecule has 2 N–H and O–H groups in total. The van der Waals surface area contributed by atoms with Crippen molar-refractivity contribution in [1.29, 1.82) is 0 Å². The first-order valence-electron chi connectivity index (χ1n) is 7.70. The van der Waals surface area contributed by atoms with Gasteiger partial charge in [0, 0.05) is 23.8 Å². The van der Waals surface area contributed by atoms with Crippen molar-refractivity contribution in [3.63, 3.8) is 0 Å². The van der Waals surface area contributed by atoms with Crippen molar-refractivity contribution >= 4 is 5.91 Å². The van der Waals surface area contributed by atoms with Gasteiger partial charge in [-0.15, -0.1) is 10.2 Å². The lowest BCUT2D eigenvalue weighted by molar-refractivity contribution is 0.0684. The quantitative estimate of drug-likeness (QED) is 0.746. The monoisotopic (exact) mass is 325 g/mol. The van der Waals surface area contributed by atoms with E-state index in [4.69, 9.17) is 0 Å². The van der Waals surface area contributed by atoms with Crippen LogP contribution in [-0.4, -0.2) is 47.4 Å². The molecule has 1 amide bonds. The smallest absolute Gasteiger partial charge is 0.274 e. The van der Waals surface area contributed by atoms with Crippen LogP contribution in [0.5, 0.6) is 0 Å². The number of imidazole rings is 1. The Morgan fingerprint density at radius 1 is 1.25 bits per heavy atom.